The van der Waals surface area contributed by atoms with Crippen LogP contribution in [0.3, 0.4) is 0 Å². The van der Waals surface area contributed by atoms with E-state index in [1.165, 1.54) is 5.56 Å². The third-order valence-electron chi connectivity index (χ3n) is 4.69. The molecule has 0 saturated heterocycles. The molecule has 146 valence electrons. The van der Waals surface area contributed by atoms with Gasteiger partial charge in [-0.25, -0.2) is 4.98 Å². The van der Waals surface area contributed by atoms with Gasteiger partial charge in [0.15, 0.2) is 10.7 Å². The largest absolute Gasteiger partial charge is 0.436 e. The van der Waals surface area contributed by atoms with Crippen molar-refractivity contribution in [1.29, 1.82) is 0 Å². The van der Waals surface area contributed by atoms with Crippen LogP contribution in [-0.2, 0) is 4.79 Å². The Kier molecular flexibility index (Phi) is 6.41. The smallest absolute Gasteiger partial charge is 0.227 e. The van der Waals surface area contributed by atoms with Gasteiger partial charge in [0.25, 0.3) is 0 Å². The highest BCUT2D eigenvalue weighted by Crippen LogP contribution is 2.29. The number of amides is 1. The molecule has 0 saturated carbocycles. The number of oxazole rings is 1. The third-order valence-corrected chi connectivity index (χ3v) is 4.89. The Labute approximate surface area is 170 Å². The van der Waals surface area contributed by atoms with Gasteiger partial charge in [-0.15, -0.1) is 0 Å². The van der Waals surface area contributed by atoms with Gasteiger partial charge >= 0.3 is 0 Å². The fourth-order valence-electron chi connectivity index (χ4n) is 2.92. The summed E-state index contributed by atoms with van der Waals surface area (Å²) in [7, 11) is 0. The molecule has 1 atom stereocenters. The first-order chi connectivity index (χ1) is 13.5. The maximum absolute atomic E-state index is 11.7. The first kappa shape index (κ1) is 20.0. The third kappa shape index (κ3) is 4.75. The van der Waals surface area contributed by atoms with Crippen molar-refractivity contribution in [1.82, 2.24) is 10.3 Å². The van der Waals surface area contributed by atoms with E-state index in [1.54, 1.807) is 0 Å². The van der Waals surface area contributed by atoms with Gasteiger partial charge in [0, 0.05) is 17.7 Å². The van der Waals surface area contributed by atoms with Gasteiger partial charge in [-0.05, 0) is 66.9 Å². The van der Waals surface area contributed by atoms with Crippen LogP contribution in [0.15, 0.2) is 46.9 Å². The average Bonchev–Trinajstić information content (AvgIpc) is 3.11. The van der Waals surface area contributed by atoms with Crippen molar-refractivity contribution in [3.63, 3.8) is 0 Å². The zero-order chi connectivity index (χ0) is 20.1. The molecule has 2 N–H and O–H groups in total. The molecule has 0 aliphatic rings. The van der Waals surface area contributed by atoms with E-state index in [9.17, 15) is 4.79 Å². The summed E-state index contributed by atoms with van der Waals surface area (Å²) in [6, 6.07) is 13.8. The van der Waals surface area contributed by atoms with Crippen LogP contribution in [-0.4, -0.2) is 16.0 Å². The van der Waals surface area contributed by atoms with Crippen molar-refractivity contribution in [2.24, 2.45) is 0 Å². The average molecular weight is 396 g/mol. The van der Waals surface area contributed by atoms with E-state index in [4.69, 9.17) is 16.6 Å². The standard InChI is InChI=1S/C22H25N3O2S/c1-4-7-20(26)25-22(28)23-17-9-6-8-16(12-17)21-24-18-13-15(14(3)5-2)10-11-19(18)27-21/h6,8-14H,4-5,7H2,1-3H3,(H2,23,25,26,28). The van der Waals surface area contributed by atoms with Crippen molar-refractivity contribution in [2.75, 3.05) is 5.32 Å². The number of nitrogens with zero attached hydrogens (tertiary/aromatic N) is 1. The molecule has 0 fully saturated rings. The molecule has 1 heterocycles. The molecule has 0 radical (unpaired) electrons. The van der Waals surface area contributed by atoms with E-state index in [0.717, 1.165) is 35.2 Å². The van der Waals surface area contributed by atoms with Crippen LogP contribution in [0.5, 0.6) is 0 Å². The maximum Gasteiger partial charge on any atom is 0.227 e. The lowest BCUT2D eigenvalue weighted by molar-refractivity contribution is -0.119. The molecule has 1 amide bonds. The van der Waals surface area contributed by atoms with E-state index >= 15 is 0 Å². The molecule has 0 aliphatic heterocycles. The first-order valence-electron chi connectivity index (χ1n) is 9.62. The van der Waals surface area contributed by atoms with Crippen LogP contribution >= 0.6 is 12.2 Å². The van der Waals surface area contributed by atoms with Crippen LogP contribution in [0.1, 0.15) is 51.5 Å². The van der Waals surface area contributed by atoms with Gasteiger partial charge in [-0.1, -0.05) is 32.9 Å². The van der Waals surface area contributed by atoms with Gasteiger partial charge in [-0.3, -0.25) is 4.79 Å². The Morgan fingerprint density at radius 3 is 2.79 bits per heavy atom. The number of benzene rings is 2. The van der Waals surface area contributed by atoms with Gasteiger partial charge in [0.1, 0.15) is 5.52 Å². The summed E-state index contributed by atoms with van der Waals surface area (Å²) in [6.45, 7) is 6.34. The van der Waals surface area contributed by atoms with E-state index in [0.29, 0.717) is 18.2 Å². The summed E-state index contributed by atoms with van der Waals surface area (Å²) >= 11 is 5.21. The van der Waals surface area contributed by atoms with Crippen LogP contribution in [0.25, 0.3) is 22.6 Å². The molecule has 28 heavy (non-hydrogen) atoms. The number of thiocarbonyl (C=S) groups is 1. The number of aromatic nitrogens is 1. The molecule has 5 nitrogen and oxygen atoms in total. The summed E-state index contributed by atoms with van der Waals surface area (Å²) in [5, 5.41) is 6.00. The van der Waals surface area contributed by atoms with Crippen molar-refractivity contribution < 1.29 is 9.21 Å². The monoisotopic (exact) mass is 395 g/mol. The Morgan fingerprint density at radius 2 is 2.04 bits per heavy atom. The summed E-state index contributed by atoms with van der Waals surface area (Å²) in [5.41, 5.74) is 4.49. The molecule has 2 aromatic carbocycles. The Bertz CT molecular complexity index is 996. The van der Waals surface area contributed by atoms with Crippen LogP contribution in [0.4, 0.5) is 5.69 Å². The van der Waals surface area contributed by atoms with E-state index < -0.39 is 0 Å². The normalized spacial score (nSPS) is 12.0. The van der Waals surface area contributed by atoms with Gasteiger partial charge in [0.05, 0.1) is 0 Å². The highest BCUT2D eigenvalue weighted by atomic mass is 32.1. The van der Waals surface area contributed by atoms with Crippen LogP contribution < -0.4 is 10.6 Å². The lowest BCUT2D eigenvalue weighted by Gasteiger charge is -2.09. The van der Waals surface area contributed by atoms with E-state index in [-0.39, 0.29) is 11.0 Å². The number of hydrogen-bond donors (Lipinski definition) is 2. The summed E-state index contributed by atoms with van der Waals surface area (Å²) in [5.74, 6) is 0.953. The lowest BCUT2D eigenvalue weighted by atomic mass is 9.98. The number of carbonyl (C=O) groups is 1. The number of nitrogens with one attached hydrogen (secondary N) is 2. The van der Waals surface area contributed by atoms with Crippen LogP contribution in [0.2, 0.25) is 0 Å². The Balaban J connectivity index is 1.79. The first-order valence-corrected chi connectivity index (χ1v) is 10.0. The molecule has 1 unspecified atom stereocenters. The number of hydrogen-bond acceptors (Lipinski definition) is 4. The quantitative estimate of drug-likeness (QED) is 0.530. The second-order valence-corrected chi connectivity index (χ2v) is 7.30. The van der Waals surface area contributed by atoms with Gasteiger partial charge < -0.3 is 15.1 Å². The lowest BCUT2D eigenvalue weighted by Crippen LogP contribution is -2.33. The Morgan fingerprint density at radius 1 is 1.21 bits per heavy atom. The zero-order valence-corrected chi connectivity index (χ0v) is 17.2. The number of carbonyl (C=O) groups excluding carboxylic acids is 1. The molecule has 3 aromatic rings. The SMILES string of the molecule is CCCC(=O)NC(=S)Nc1cccc(-c2nc3cc(C(C)CC)ccc3o2)c1. The van der Waals surface area contributed by atoms with Gasteiger partial charge in [-0.2, -0.15) is 0 Å². The second kappa shape index (κ2) is 8.97. The minimum absolute atomic E-state index is 0.0905. The van der Waals surface area contributed by atoms with Crippen LogP contribution in [0, 0.1) is 0 Å². The molecular weight excluding hydrogens is 370 g/mol. The summed E-state index contributed by atoms with van der Waals surface area (Å²) in [6.07, 6.45) is 2.31. The fraction of sp³-hybridized carbons (Fsp3) is 0.318. The van der Waals surface area contributed by atoms with Gasteiger partial charge in [0.2, 0.25) is 11.8 Å². The second-order valence-electron chi connectivity index (χ2n) is 6.89. The predicted octanol–water partition coefficient (Wildman–Crippen LogP) is 5.62. The minimum Gasteiger partial charge on any atom is -0.436 e. The topological polar surface area (TPSA) is 67.2 Å². The summed E-state index contributed by atoms with van der Waals surface area (Å²) in [4.78, 5) is 16.3. The van der Waals surface area contributed by atoms with Crippen molar-refractivity contribution in [2.45, 2.75) is 46.0 Å². The molecule has 1 aromatic heterocycles. The summed E-state index contributed by atoms with van der Waals surface area (Å²) < 4.78 is 5.94. The van der Waals surface area contributed by atoms with E-state index in [2.05, 4.69) is 41.6 Å². The minimum atomic E-state index is -0.0905. The highest BCUT2D eigenvalue weighted by Gasteiger charge is 2.12. The van der Waals surface area contributed by atoms with Crippen molar-refractivity contribution in [3.8, 4) is 11.5 Å². The molecule has 0 aliphatic carbocycles. The number of fused-ring (bicyclic) bond motifs is 1. The molecule has 3 rings (SSSR count). The molecule has 0 spiro atoms. The molecule has 0 bridgehead atoms. The van der Waals surface area contributed by atoms with Crippen molar-refractivity contribution in [3.05, 3.63) is 48.0 Å². The number of anilines is 1. The molecular formula is C22H25N3O2S. The zero-order valence-electron chi connectivity index (χ0n) is 16.4. The van der Waals surface area contributed by atoms with E-state index in [1.807, 2.05) is 37.3 Å². The molecule has 6 heteroatoms. The maximum atomic E-state index is 11.7. The van der Waals surface area contributed by atoms with Crippen molar-refractivity contribution >= 4 is 40.0 Å². The highest BCUT2D eigenvalue weighted by molar-refractivity contribution is 7.80. The Hall–Kier alpha value is -2.73. The number of rotatable bonds is 6. The predicted molar refractivity (Wildman–Crippen MR) is 117 cm³/mol. The fourth-order valence-corrected chi connectivity index (χ4v) is 3.15.